The van der Waals surface area contributed by atoms with Gasteiger partial charge in [-0.05, 0) is 36.4 Å². The molecule has 5 heteroatoms. The van der Waals surface area contributed by atoms with E-state index in [1.165, 1.54) is 31.3 Å². The minimum atomic E-state index is -0.234. The minimum Gasteiger partial charge on any atom is -0.465 e. The van der Waals surface area contributed by atoms with E-state index in [-0.39, 0.29) is 5.97 Å². The van der Waals surface area contributed by atoms with Crippen LogP contribution in [0.3, 0.4) is 0 Å². The zero-order chi connectivity index (χ0) is 13.0. The first-order chi connectivity index (χ1) is 8.76. The van der Waals surface area contributed by atoms with Gasteiger partial charge in [0.15, 0.2) is 0 Å². The molecule has 4 nitrogen and oxygen atoms in total. The number of esters is 1. The Kier molecular flexibility index (Phi) is 4.74. The molecule has 1 atom stereocenters. The summed E-state index contributed by atoms with van der Waals surface area (Å²) in [4.78, 5) is 14.7. The summed E-state index contributed by atoms with van der Waals surface area (Å²) in [6.45, 7) is 2.64. The monoisotopic (exact) mass is 269 g/mol. The van der Waals surface area contributed by atoms with Gasteiger partial charge in [-0.3, -0.25) is 4.90 Å². The third-order valence-corrected chi connectivity index (χ3v) is 4.29. The first-order valence-corrected chi connectivity index (χ1v) is 7.02. The van der Waals surface area contributed by atoms with Gasteiger partial charge in [-0.25, -0.2) is 4.79 Å². The van der Waals surface area contributed by atoms with E-state index < -0.39 is 0 Å². The minimum absolute atomic E-state index is 0.234. The second-order valence-corrected chi connectivity index (χ2v) is 5.40. The fraction of sp³-hybridized carbons (Fsp3) is 0.615. The molecule has 2 heterocycles. The number of rotatable bonds is 5. The Balaban J connectivity index is 2.05. The number of hydrogen-bond donors (Lipinski definition) is 0. The Hall–Kier alpha value is -0.910. The molecule has 1 fully saturated rings. The van der Waals surface area contributed by atoms with Crippen molar-refractivity contribution in [3.8, 4) is 0 Å². The number of thiophene rings is 1. The van der Waals surface area contributed by atoms with Gasteiger partial charge in [0.25, 0.3) is 0 Å². The van der Waals surface area contributed by atoms with Crippen molar-refractivity contribution in [3.63, 3.8) is 0 Å². The van der Waals surface area contributed by atoms with Crippen LogP contribution in [0.2, 0.25) is 0 Å². The van der Waals surface area contributed by atoms with E-state index in [0.717, 1.165) is 30.1 Å². The largest absolute Gasteiger partial charge is 0.465 e. The van der Waals surface area contributed by atoms with Crippen LogP contribution in [0.5, 0.6) is 0 Å². The van der Waals surface area contributed by atoms with Crippen LogP contribution >= 0.6 is 11.3 Å². The Morgan fingerprint density at radius 2 is 2.39 bits per heavy atom. The highest BCUT2D eigenvalue weighted by Gasteiger charge is 2.26. The van der Waals surface area contributed by atoms with Crippen LogP contribution in [0, 0.1) is 0 Å². The van der Waals surface area contributed by atoms with Gasteiger partial charge in [-0.1, -0.05) is 0 Å². The van der Waals surface area contributed by atoms with Crippen LogP contribution in [-0.2, 0) is 16.0 Å². The highest BCUT2D eigenvalue weighted by Crippen LogP contribution is 2.24. The number of carbonyl (C=O) groups is 1. The maximum Gasteiger partial charge on any atom is 0.348 e. The molecule has 1 aromatic heterocycles. The standard InChI is InChI=1S/C13H19NO3S/c1-16-9-11-4-3-6-14(11)8-10-5-7-18-12(10)13(15)17-2/h5,7,11H,3-4,6,8-9H2,1-2H3/t11-/m1/s1. The van der Waals surface area contributed by atoms with Crippen LogP contribution in [0.1, 0.15) is 28.1 Å². The van der Waals surface area contributed by atoms with E-state index in [0.29, 0.717) is 6.04 Å². The highest BCUT2D eigenvalue weighted by atomic mass is 32.1. The van der Waals surface area contributed by atoms with Crippen molar-refractivity contribution >= 4 is 17.3 Å². The molecule has 0 aliphatic carbocycles. The topological polar surface area (TPSA) is 38.8 Å². The first-order valence-electron chi connectivity index (χ1n) is 6.14. The number of ether oxygens (including phenoxy) is 2. The average Bonchev–Trinajstić information content (AvgIpc) is 3.00. The van der Waals surface area contributed by atoms with Gasteiger partial charge < -0.3 is 9.47 Å². The summed E-state index contributed by atoms with van der Waals surface area (Å²) in [6, 6.07) is 2.49. The summed E-state index contributed by atoms with van der Waals surface area (Å²) in [5.41, 5.74) is 1.06. The lowest BCUT2D eigenvalue weighted by Crippen LogP contribution is -2.32. The van der Waals surface area contributed by atoms with E-state index in [2.05, 4.69) is 4.90 Å². The van der Waals surface area contributed by atoms with Crippen LogP contribution < -0.4 is 0 Å². The molecular formula is C13H19NO3S. The summed E-state index contributed by atoms with van der Waals surface area (Å²) in [6.07, 6.45) is 2.37. The lowest BCUT2D eigenvalue weighted by Gasteiger charge is -2.23. The maximum atomic E-state index is 11.6. The molecule has 0 amide bonds. The van der Waals surface area contributed by atoms with Crippen molar-refractivity contribution in [2.75, 3.05) is 27.4 Å². The van der Waals surface area contributed by atoms with Crippen molar-refractivity contribution in [2.45, 2.75) is 25.4 Å². The Morgan fingerprint density at radius 3 is 3.11 bits per heavy atom. The van der Waals surface area contributed by atoms with Gasteiger partial charge in [-0.2, -0.15) is 0 Å². The molecule has 1 aliphatic heterocycles. The molecule has 100 valence electrons. The van der Waals surface area contributed by atoms with Crippen LogP contribution in [0.4, 0.5) is 0 Å². The van der Waals surface area contributed by atoms with Crippen molar-refractivity contribution in [1.82, 2.24) is 4.90 Å². The van der Waals surface area contributed by atoms with Gasteiger partial charge in [0.2, 0.25) is 0 Å². The van der Waals surface area contributed by atoms with Crippen LogP contribution in [0.15, 0.2) is 11.4 Å². The SMILES string of the molecule is COC[C@H]1CCCN1Cc1ccsc1C(=O)OC. The Bertz CT molecular complexity index is 405. The third kappa shape index (κ3) is 2.91. The fourth-order valence-electron chi connectivity index (χ4n) is 2.44. The van der Waals surface area contributed by atoms with Crippen molar-refractivity contribution < 1.29 is 14.3 Å². The van der Waals surface area contributed by atoms with Gasteiger partial charge in [-0.15, -0.1) is 11.3 Å². The molecular weight excluding hydrogens is 250 g/mol. The smallest absolute Gasteiger partial charge is 0.348 e. The predicted molar refractivity (Wildman–Crippen MR) is 71.0 cm³/mol. The molecule has 1 aromatic rings. The van der Waals surface area contributed by atoms with Gasteiger partial charge >= 0.3 is 5.97 Å². The molecule has 0 N–H and O–H groups in total. The lowest BCUT2D eigenvalue weighted by molar-refractivity contribution is 0.0603. The number of likely N-dealkylation sites (tertiary alicyclic amines) is 1. The number of nitrogens with zero attached hydrogens (tertiary/aromatic N) is 1. The summed E-state index contributed by atoms with van der Waals surface area (Å²) in [7, 11) is 3.16. The van der Waals surface area contributed by atoms with Crippen LogP contribution in [-0.4, -0.2) is 44.3 Å². The summed E-state index contributed by atoms with van der Waals surface area (Å²) < 4.78 is 10.0. The lowest BCUT2D eigenvalue weighted by atomic mass is 10.2. The first kappa shape index (κ1) is 13.5. The zero-order valence-corrected chi connectivity index (χ0v) is 11.7. The van der Waals surface area contributed by atoms with Gasteiger partial charge in [0.05, 0.1) is 13.7 Å². The van der Waals surface area contributed by atoms with E-state index in [1.807, 2.05) is 11.4 Å². The molecule has 0 radical (unpaired) electrons. The zero-order valence-electron chi connectivity index (χ0n) is 10.8. The number of carbonyl (C=O) groups excluding carboxylic acids is 1. The van der Waals surface area contributed by atoms with Gasteiger partial charge in [0.1, 0.15) is 4.88 Å². The quantitative estimate of drug-likeness (QED) is 0.768. The van der Waals surface area contributed by atoms with Crippen molar-refractivity contribution in [3.05, 3.63) is 21.9 Å². The Labute approximate surface area is 111 Å². The van der Waals surface area contributed by atoms with Gasteiger partial charge in [0, 0.05) is 19.7 Å². The number of hydrogen-bond acceptors (Lipinski definition) is 5. The maximum absolute atomic E-state index is 11.6. The normalized spacial score (nSPS) is 20.2. The highest BCUT2D eigenvalue weighted by molar-refractivity contribution is 7.12. The number of methoxy groups -OCH3 is 2. The van der Waals surface area contributed by atoms with E-state index in [4.69, 9.17) is 9.47 Å². The third-order valence-electron chi connectivity index (χ3n) is 3.35. The average molecular weight is 269 g/mol. The van der Waals surface area contributed by atoms with Crippen LogP contribution in [0.25, 0.3) is 0 Å². The second-order valence-electron chi connectivity index (χ2n) is 4.49. The molecule has 0 spiro atoms. The molecule has 1 aliphatic rings. The van der Waals surface area contributed by atoms with E-state index in [9.17, 15) is 4.79 Å². The molecule has 0 unspecified atom stereocenters. The predicted octanol–water partition coefficient (Wildman–Crippen LogP) is 2.15. The summed E-state index contributed by atoms with van der Waals surface area (Å²) in [5, 5.41) is 1.95. The second kappa shape index (κ2) is 6.31. The van der Waals surface area contributed by atoms with E-state index >= 15 is 0 Å². The molecule has 0 bridgehead atoms. The fourth-order valence-corrected chi connectivity index (χ4v) is 3.27. The summed E-state index contributed by atoms with van der Waals surface area (Å²) >= 11 is 1.45. The van der Waals surface area contributed by atoms with Crippen molar-refractivity contribution in [2.24, 2.45) is 0 Å². The molecule has 0 aromatic carbocycles. The molecule has 2 rings (SSSR count). The van der Waals surface area contributed by atoms with E-state index in [1.54, 1.807) is 7.11 Å². The summed E-state index contributed by atoms with van der Waals surface area (Å²) in [5.74, 6) is -0.234. The molecule has 0 saturated carbocycles. The molecule has 1 saturated heterocycles. The Morgan fingerprint density at radius 1 is 1.56 bits per heavy atom. The van der Waals surface area contributed by atoms with Crippen molar-refractivity contribution in [1.29, 1.82) is 0 Å². The molecule has 18 heavy (non-hydrogen) atoms.